The number of aromatic amines is 1. The molecule has 3 aromatic rings. The molecule has 1 aromatic carbocycles. The Morgan fingerprint density at radius 3 is 2.71 bits per heavy atom. The minimum Gasteiger partial charge on any atom is -0.365 e. The first-order chi connectivity index (χ1) is 14.9. The Hall–Kier alpha value is -2.93. The fraction of sp³-hybridized carbons (Fsp3) is 0.391. The zero-order valence-electron chi connectivity index (χ0n) is 17.4. The number of benzene rings is 1. The second-order valence-corrected chi connectivity index (χ2v) is 8.74. The first-order valence-corrected chi connectivity index (χ1v) is 11.0. The zero-order chi connectivity index (χ0) is 22.0. The van der Waals surface area contributed by atoms with Crippen LogP contribution in [0.15, 0.2) is 36.7 Å². The van der Waals surface area contributed by atoms with Gasteiger partial charge in [-0.15, -0.1) is 0 Å². The van der Waals surface area contributed by atoms with Gasteiger partial charge < -0.3 is 16.0 Å². The molecule has 162 valence electrons. The van der Waals surface area contributed by atoms with Crippen LogP contribution in [0.1, 0.15) is 60.1 Å². The highest BCUT2D eigenvalue weighted by Crippen LogP contribution is 2.39. The van der Waals surface area contributed by atoms with E-state index in [4.69, 9.17) is 17.3 Å². The molecule has 2 aliphatic carbocycles. The molecule has 1 atom stereocenters. The number of hydrogen-bond acceptors (Lipinski definition) is 4. The summed E-state index contributed by atoms with van der Waals surface area (Å²) in [7, 11) is 0. The molecular weight excluding hydrogens is 414 g/mol. The number of carbonyl (C=O) groups is 2. The highest BCUT2D eigenvalue weighted by molar-refractivity contribution is 6.30. The summed E-state index contributed by atoms with van der Waals surface area (Å²) in [6.45, 7) is 2.57. The van der Waals surface area contributed by atoms with Gasteiger partial charge in [-0.3, -0.25) is 9.59 Å². The van der Waals surface area contributed by atoms with Gasteiger partial charge in [0.05, 0.1) is 17.5 Å². The van der Waals surface area contributed by atoms with Gasteiger partial charge >= 0.3 is 0 Å². The third-order valence-corrected chi connectivity index (χ3v) is 5.99. The number of aromatic nitrogens is 3. The summed E-state index contributed by atoms with van der Waals surface area (Å²) >= 11 is 5.87. The Bertz CT molecular complexity index is 1100. The summed E-state index contributed by atoms with van der Waals surface area (Å²) in [5.41, 5.74) is 8.87. The van der Waals surface area contributed by atoms with Crippen molar-refractivity contribution in [1.82, 2.24) is 20.3 Å². The molecule has 0 unspecified atom stereocenters. The Balaban J connectivity index is 0.000000149. The van der Waals surface area contributed by atoms with Crippen molar-refractivity contribution in [2.75, 3.05) is 0 Å². The summed E-state index contributed by atoms with van der Waals surface area (Å²) in [5.74, 6) is 0.974. The van der Waals surface area contributed by atoms with Crippen molar-refractivity contribution in [2.45, 2.75) is 45.1 Å². The molecule has 0 saturated heterocycles. The number of halogens is 1. The van der Waals surface area contributed by atoms with Crippen molar-refractivity contribution in [3.8, 4) is 0 Å². The molecule has 2 aromatic heterocycles. The third kappa shape index (κ3) is 5.41. The van der Waals surface area contributed by atoms with Gasteiger partial charge in [0.1, 0.15) is 5.52 Å². The lowest BCUT2D eigenvalue weighted by molar-refractivity contribution is -0.125. The lowest BCUT2D eigenvalue weighted by Gasteiger charge is -2.11. The van der Waals surface area contributed by atoms with Crippen molar-refractivity contribution < 1.29 is 9.59 Å². The van der Waals surface area contributed by atoms with Crippen LogP contribution >= 0.6 is 11.6 Å². The van der Waals surface area contributed by atoms with Crippen molar-refractivity contribution in [3.05, 3.63) is 58.5 Å². The molecule has 0 bridgehead atoms. The topological polar surface area (TPSA) is 114 Å². The fourth-order valence-corrected chi connectivity index (χ4v) is 3.69. The van der Waals surface area contributed by atoms with Crippen LogP contribution in [0.5, 0.6) is 0 Å². The van der Waals surface area contributed by atoms with E-state index in [0.29, 0.717) is 40.1 Å². The van der Waals surface area contributed by atoms with Crippen LogP contribution in [-0.4, -0.2) is 26.8 Å². The van der Waals surface area contributed by atoms with Crippen molar-refractivity contribution >= 4 is 34.6 Å². The summed E-state index contributed by atoms with van der Waals surface area (Å²) < 4.78 is 0. The summed E-state index contributed by atoms with van der Waals surface area (Å²) in [6.07, 6.45) is 8.05. The van der Waals surface area contributed by atoms with E-state index in [2.05, 4.69) is 20.3 Å². The molecular formula is C23H26ClN5O2. The Morgan fingerprint density at radius 1 is 1.29 bits per heavy atom. The van der Waals surface area contributed by atoms with E-state index in [1.165, 1.54) is 12.8 Å². The van der Waals surface area contributed by atoms with E-state index in [0.717, 1.165) is 24.1 Å². The molecule has 7 nitrogen and oxygen atoms in total. The van der Waals surface area contributed by atoms with Crippen LogP contribution in [0.4, 0.5) is 0 Å². The molecule has 0 spiro atoms. The molecule has 4 N–H and O–H groups in total. The van der Waals surface area contributed by atoms with Crippen molar-refractivity contribution in [2.24, 2.45) is 17.6 Å². The maximum Gasteiger partial charge on any atom is 0.252 e. The van der Waals surface area contributed by atoms with Gasteiger partial charge in [0.25, 0.3) is 5.91 Å². The second-order valence-electron chi connectivity index (χ2n) is 8.31. The quantitative estimate of drug-likeness (QED) is 0.539. The van der Waals surface area contributed by atoms with Crippen molar-refractivity contribution in [1.29, 1.82) is 0 Å². The summed E-state index contributed by atoms with van der Waals surface area (Å²) in [5, 5.41) is 3.66. The average Bonchev–Trinajstić information content (AvgIpc) is 3.68. The van der Waals surface area contributed by atoms with Gasteiger partial charge in [0.2, 0.25) is 5.91 Å². The van der Waals surface area contributed by atoms with Crippen LogP contribution in [-0.2, 0) is 11.3 Å². The van der Waals surface area contributed by atoms with Gasteiger partial charge in [-0.05, 0) is 49.3 Å². The predicted molar refractivity (Wildman–Crippen MR) is 120 cm³/mol. The largest absolute Gasteiger partial charge is 0.365 e. The van der Waals surface area contributed by atoms with Crippen LogP contribution in [0.25, 0.3) is 11.2 Å². The minimum atomic E-state index is -0.469. The molecule has 0 radical (unpaired) electrons. The molecule has 2 saturated carbocycles. The molecule has 5 rings (SSSR count). The van der Waals surface area contributed by atoms with Gasteiger partial charge in [0, 0.05) is 29.6 Å². The maximum absolute atomic E-state index is 11.7. The number of carbonyl (C=O) groups excluding carboxylic acids is 2. The SMILES string of the molecule is C[C@@H](C(=O)NCc1cccc(Cl)c1)C1CC1.NC(=O)c1c[nH]c2ncc(C3CC3)nc12. The fourth-order valence-electron chi connectivity index (χ4n) is 3.48. The first-order valence-electron chi connectivity index (χ1n) is 10.6. The van der Waals surface area contributed by atoms with E-state index in [-0.39, 0.29) is 11.8 Å². The number of hydrogen-bond donors (Lipinski definition) is 3. The van der Waals surface area contributed by atoms with Gasteiger partial charge in [-0.1, -0.05) is 30.7 Å². The minimum absolute atomic E-state index is 0.152. The van der Waals surface area contributed by atoms with Crippen LogP contribution in [0, 0.1) is 11.8 Å². The summed E-state index contributed by atoms with van der Waals surface area (Å²) in [4.78, 5) is 34.4. The first kappa shape index (κ1) is 21.3. The molecule has 2 amide bonds. The summed E-state index contributed by atoms with van der Waals surface area (Å²) in [6, 6.07) is 7.57. The molecule has 0 aliphatic heterocycles. The standard InChI is InChI=1S/C13H16ClNO.C10H10N4O/c1-9(11-5-6-11)13(16)15-8-10-3-2-4-12(14)7-10;11-9(15)6-3-12-10-8(6)14-7(4-13-10)5-1-2-5/h2-4,7,9,11H,5-6,8H2,1H3,(H,15,16);3-5H,1-2H2,(H2,11,15)(H,12,13)/t9-;/m1./s1. The van der Waals surface area contributed by atoms with Gasteiger partial charge in [-0.2, -0.15) is 0 Å². The third-order valence-electron chi connectivity index (χ3n) is 5.76. The average molecular weight is 440 g/mol. The van der Waals surface area contributed by atoms with Crippen LogP contribution in [0.3, 0.4) is 0 Å². The lowest BCUT2D eigenvalue weighted by atomic mass is 10.1. The number of amides is 2. The van der Waals surface area contributed by atoms with Gasteiger partial charge in [-0.25, -0.2) is 9.97 Å². The number of nitrogens with one attached hydrogen (secondary N) is 2. The van der Waals surface area contributed by atoms with Crippen LogP contribution in [0.2, 0.25) is 5.02 Å². The molecule has 2 aliphatic rings. The predicted octanol–water partition coefficient (Wildman–Crippen LogP) is 3.94. The Labute approximate surface area is 185 Å². The van der Waals surface area contributed by atoms with E-state index in [1.807, 2.05) is 31.2 Å². The van der Waals surface area contributed by atoms with Crippen LogP contribution < -0.4 is 11.1 Å². The number of nitrogens with zero attached hydrogens (tertiary/aromatic N) is 2. The highest BCUT2D eigenvalue weighted by atomic mass is 35.5. The number of primary amides is 1. The Kier molecular flexibility index (Phi) is 6.23. The van der Waals surface area contributed by atoms with E-state index in [9.17, 15) is 9.59 Å². The van der Waals surface area contributed by atoms with Gasteiger partial charge in [0.15, 0.2) is 5.65 Å². The van der Waals surface area contributed by atoms with E-state index < -0.39 is 5.91 Å². The molecule has 2 fully saturated rings. The molecule has 31 heavy (non-hydrogen) atoms. The second kappa shape index (κ2) is 9.06. The van der Waals surface area contributed by atoms with E-state index >= 15 is 0 Å². The van der Waals surface area contributed by atoms with E-state index in [1.54, 1.807) is 12.4 Å². The number of rotatable bonds is 6. The maximum atomic E-state index is 11.7. The zero-order valence-corrected chi connectivity index (χ0v) is 18.2. The normalized spacial score (nSPS) is 16.3. The molecule has 8 heteroatoms. The Morgan fingerprint density at radius 2 is 2.06 bits per heavy atom. The number of nitrogens with two attached hydrogens (primary N) is 1. The molecule has 2 heterocycles. The smallest absolute Gasteiger partial charge is 0.252 e. The monoisotopic (exact) mass is 439 g/mol. The number of H-pyrrole nitrogens is 1. The highest BCUT2D eigenvalue weighted by Gasteiger charge is 2.32. The van der Waals surface area contributed by atoms with Crippen molar-refractivity contribution in [3.63, 3.8) is 0 Å². The lowest BCUT2D eigenvalue weighted by Crippen LogP contribution is -2.29. The number of fused-ring (bicyclic) bond motifs is 1.